The van der Waals surface area contributed by atoms with Crippen LogP contribution in [0.25, 0.3) is 0 Å². The molecule has 0 atom stereocenters. The molecular formula is C7H14N4S2. The minimum Gasteiger partial charge on any atom is -0.313 e. The molecule has 0 saturated heterocycles. The number of nitrogen functional groups attached to an aromatic ring is 1. The van der Waals surface area contributed by atoms with Crippen LogP contribution in [0.1, 0.15) is 26.5 Å². The van der Waals surface area contributed by atoms with E-state index < -0.39 is 0 Å². The summed E-state index contributed by atoms with van der Waals surface area (Å²) in [6, 6.07) is 0. The molecule has 0 unspecified atom stereocenters. The summed E-state index contributed by atoms with van der Waals surface area (Å²) in [7, 11) is 0. The van der Waals surface area contributed by atoms with Gasteiger partial charge in [0.15, 0.2) is 0 Å². The number of hydrogen-bond acceptors (Lipinski definition) is 6. The summed E-state index contributed by atoms with van der Waals surface area (Å²) >= 11 is 3.12. The molecule has 1 aromatic heterocycles. The molecule has 0 bridgehead atoms. The Hall–Kier alpha value is -0.330. The van der Waals surface area contributed by atoms with E-state index in [2.05, 4.69) is 35.8 Å². The van der Waals surface area contributed by atoms with Gasteiger partial charge < -0.3 is 5.43 Å². The van der Waals surface area contributed by atoms with E-state index >= 15 is 0 Å². The Kier molecular flexibility index (Phi) is 3.52. The smallest absolute Gasteiger partial charge is 0.148 e. The van der Waals surface area contributed by atoms with Crippen molar-refractivity contribution in [3.05, 3.63) is 5.69 Å². The van der Waals surface area contributed by atoms with Crippen molar-refractivity contribution in [1.82, 2.24) is 9.59 Å². The SMILES string of the molecule is CC(C)(C)SCc1nnsc1NN. The van der Waals surface area contributed by atoms with Gasteiger partial charge >= 0.3 is 0 Å². The Morgan fingerprint density at radius 2 is 2.23 bits per heavy atom. The van der Waals surface area contributed by atoms with Gasteiger partial charge in [0.25, 0.3) is 0 Å². The van der Waals surface area contributed by atoms with Crippen LogP contribution >= 0.6 is 23.3 Å². The van der Waals surface area contributed by atoms with Gasteiger partial charge in [0.05, 0.1) is 0 Å². The largest absolute Gasteiger partial charge is 0.313 e. The maximum Gasteiger partial charge on any atom is 0.148 e. The summed E-state index contributed by atoms with van der Waals surface area (Å²) in [6.45, 7) is 6.52. The van der Waals surface area contributed by atoms with Crippen molar-refractivity contribution in [2.75, 3.05) is 5.43 Å². The normalized spacial score (nSPS) is 11.7. The molecule has 0 aliphatic carbocycles. The Balaban J connectivity index is 2.54. The second kappa shape index (κ2) is 4.26. The van der Waals surface area contributed by atoms with Crippen molar-refractivity contribution >= 4 is 28.3 Å². The highest BCUT2D eigenvalue weighted by Gasteiger charge is 2.14. The molecule has 1 aromatic rings. The van der Waals surface area contributed by atoms with Crippen LogP contribution in [-0.4, -0.2) is 14.3 Å². The van der Waals surface area contributed by atoms with E-state index in [1.807, 2.05) is 11.8 Å². The summed E-state index contributed by atoms with van der Waals surface area (Å²) in [5, 5.41) is 4.85. The summed E-state index contributed by atoms with van der Waals surface area (Å²) in [5.41, 5.74) is 3.53. The van der Waals surface area contributed by atoms with E-state index in [0.717, 1.165) is 16.4 Å². The third-order valence-corrected chi connectivity index (χ3v) is 3.31. The number of anilines is 1. The summed E-state index contributed by atoms with van der Waals surface area (Å²) < 4.78 is 4.07. The molecule has 0 spiro atoms. The van der Waals surface area contributed by atoms with Crippen LogP contribution in [0.2, 0.25) is 0 Å². The third-order valence-electron chi connectivity index (χ3n) is 1.33. The van der Waals surface area contributed by atoms with E-state index in [1.54, 1.807) is 0 Å². The van der Waals surface area contributed by atoms with Crippen molar-refractivity contribution in [3.8, 4) is 0 Å². The molecule has 0 aliphatic rings. The molecule has 0 aliphatic heterocycles. The predicted molar refractivity (Wildman–Crippen MR) is 58.8 cm³/mol. The number of nitrogens with one attached hydrogen (secondary N) is 1. The number of hydrazine groups is 1. The lowest BCUT2D eigenvalue weighted by Crippen LogP contribution is -2.10. The molecule has 0 radical (unpaired) electrons. The fourth-order valence-corrected chi connectivity index (χ4v) is 2.05. The number of aromatic nitrogens is 2. The molecule has 1 rings (SSSR count). The van der Waals surface area contributed by atoms with Crippen LogP contribution in [0, 0.1) is 0 Å². The van der Waals surface area contributed by atoms with E-state index in [4.69, 9.17) is 5.84 Å². The highest BCUT2D eigenvalue weighted by Crippen LogP contribution is 2.29. The third kappa shape index (κ3) is 3.50. The highest BCUT2D eigenvalue weighted by molar-refractivity contribution is 7.99. The van der Waals surface area contributed by atoms with Crippen molar-refractivity contribution in [3.63, 3.8) is 0 Å². The minimum atomic E-state index is 0.246. The van der Waals surface area contributed by atoms with Gasteiger partial charge in [-0.1, -0.05) is 25.3 Å². The topological polar surface area (TPSA) is 63.8 Å². The zero-order valence-electron chi connectivity index (χ0n) is 8.00. The van der Waals surface area contributed by atoms with Crippen molar-refractivity contribution in [2.45, 2.75) is 31.3 Å². The van der Waals surface area contributed by atoms with Gasteiger partial charge in [0, 0.05) is 22.0 Å². The Morgan fingerprint density at radius 3 is 2.77 bits per heavy atom. The quantitative estimate of drug-likeness (QED) is 0.599. The van der Waals surface area contributed by atoms with Gasteiger partial charge in [-0.25, -0.2) is 5.84 Å². The van der Waals surface area contributed by atoms with Gasteiger partial charge in [0.2, 0.25) is 0 Å². The zero-order chi connectivity index (χ0) is 9.90. The molecule has 1 heterocycles. The van der Waals surface area contributed by atoms with E-state index in [9.17, 15) is 0 Å². The molecule has 6 heteroatoms. The summed E-state index contributed by atoms with van der Waals surface area (Å²) in [5.74, 6) is 6.15. The van der Waals surface area contributed by atoms with Crippen LogP contribution in [0.4, 0.5) is 5.00 Å². The number of hydrogen-bond donors (Lipinski definition) is 2. The van der Waals surface area contributed by atoms with E-state index in [1.165, 1.54) is 11.5 Å². The fraction of sp³-hybridized carbons (Fsp3) is 0.714. The summed E-state index contributed by atoms with van der Waals surface area (Å²) in [4.78, 5) is 0. The molecule has 13 heavy (non-hydrogen) atoms. The monoisotopic (exact) mass is 218 g/mol. The first kappa shape index (κ1) is 10.7. The lowest BCUT2D eigenvalue weighted by Gasteiger charge is -2.16. The minimum absolute atomic E-state index is 0.246. The van der Waals surface area contributed by atoms with Crippen LogP contribution in [0.15, 0.2) is 0 Å². The highest BCUT2D eigenvalue weighted by atomic mass is 32.2. The number of nitrogens with two attached hydrogens (primary N) is 1. The molecule has 3 N–H and O–H groups in total. The van der Waals surface area contributed by atoms with E-state index in [-0.39, 0.29) is 4.75 Å². The maximum absolute atomic E-state index is 5.31. The van der Waals surface area contributed by atoms with Gasteiger partial charge in [0.1, 0.15) is 10.7 Å². The molecule has 0 fully saturated rings. The second-order valence-electron chi connectivity index (χ2n) is 3.59. The number of nitrogens with zero attached hydrogens (tertiary/aromatic N) is 2. The Bertz CT molecular complexity index is 266. The van der Waals surface area contributed by atoms with Gasteiger partial charge in [-0.3, -0.25) is 0 Å². The van der Waals surface area contributed by atoms with Crippen LogP contribution in [0.5, 0.6) is 0 Å². The lowest BCUT2D eigenvalue weighted by molar-refractivity contribution is 0.801. The molecule has 0 aromatic carbocycles. The Labute approximate surface area is 86.4 Å². The van der Waals surface area contributed by atoms with Crippen molar-refractivity contribution in [2.24, 2.45) is 5.84 Å². The molecule has 74 valence electrons. The van der Waals surface area contributed by atoms with Crippen molar-refractivity contribution in [1.29, 1.82) is 0 Å². The van der Waals surface area contributed by atoms with Gasteiger partial charge in [-0.2, -0.15) is 0 Å². The van der Waals surface area contributed by atoms with Crippen molar-refractivity contribution < 1.29 is 0 Å². The maximum atomic E-state index is 5.31. The summed E-state index contributed by atoms with van der Waals surface area (Å²) in [6.07, 6.45) is 0. The standard InChI is InChI=1S/C7H14N4S2/c1-7(2,3)12-4-5-6(9-8)13-11-10-5/h9H,4,8H2,1-3H3. The molecular weight excluding hydrogens is 204 g/mol. The first-order valence-electron chi connectivity index (χ1n) is 3.95. The van der Waals surface area contributed by atoms with E-state index in [0.29, 0.717) is 0 Å². The molecule has 0 amide bonds. The predicted octanol–water partition coefficient (Wildman–Crippen LogP) is 1.86. The van der Waals surface area contributed by atoms with Crippen LogP contribution < -0.4 is 11.3 Å². The van der Waals surface area contributed by atoms with Crippen LogP contribution in [0.3, 0.4) is 0 Å². The lowest BCUT2D eigenvalue weighted by atomic mass is 10.3. The first-order chi connectivity index (χ1) is 6.03. The molecule has 4 nitrogen and oxygen atoms in total. The zero-order valence-corrected chi connectivity index (χ0v) is 9.63. The number of rotatable bonds is 3. The number of thioether (sulfide) groups is 1. The molecule has 0 saturated carbocycles. The van der Waals surface area contributed by atoms with Crippen LogP contribution in [-0.2, 0) is 5.75 Å². The Morgan fingerprint density at radius 1 is 1.54 bits per heavy atom. The second-order valence-corrected chi connectivity index (χ2v) is 6.15. The fourth-order valence-electron chi connectivity index (χ4n) is 0.698. The van der Waals surface area contributed by atoms with Gasteiger partial charge in [-0.15, -0.1) is 16.9 Å². The average molecular weight is 218 g/mol. The first-order valence-corrected chi connectivity index (χ1v) is 5.70. The van der Waals surface area contributed by atoms with Gasteiger partial charge in [-0.05, 0) is 0 Å². The average Bonchev–Trinajstić information content (AvgIpc) is 2.46.